The molecule has 4 heteroatoms. The van der Waals surface area contributed by atoms with Crippen molar-refractivity contribution in [3.63, 3.8) is 0 Å². The van der Waals surface area contributed by atoms with Gasteiger partial charge in [0.2, 0.25) is 0 Å². The summed E-state index contributed by atoms with van der Waals surface area (Å²) in [6.07, 6.45) is 6.11. The number of rotatable bonds is 5. The van der Waals surface area contributed by atoms with E-state index in [0.717, 1.165) is 18.7 Å². The summed E-state index contributed by atoms with van der Waals surface area (Å²) < 4.78 is 13.4. The van der Waals surface area contributed by atoms with E-state index in [1.807, 2.05) is 11.8 Å². The van der Waals surface area contributed by atoms with E-state index < -0.39 is 0 Å². The number of halogens is 2. The quantitative estimate of drug-likeness (QED) is 0.874. The van der Waals surface area contributed by atoms with Gasteiger partial charge in [-0.25, -0.2) is 4.39 Å². The van der Waals surface area contributed by atoms with Crippen LogP contribution in [0.15, 0.2) is 18.2 Å². The van der Waals surface area contributed by atoms with Crippen LogP contribution >= 0.6 is 23.4 Å². The molecule has 1 saturated carbocycles. The van der Waals surface area contributed by atoms with E-state index in [0.29, 0.717) is 4.75 Å². The zero-order chi connectivity index (χ0) is 12.3. The van der Waals surface area contributed by atoms with Crippen LogP contribution in [-0.2, 0) is 6.54 Å². The fourth-order valence-corrected chi connectivity index (χ4v) is 3.25. The van der Waals surface area contributed by atoms with Crippen LogP contribution < -0.4 is 5.32 Å². The van der Waals surface area contributed by atoms with Gasteiger partial charge in [-0.15, -0.1) is 0 Å². The maximum absolute atomic E-state index is 13.0. The monoisotopic (exact) mass is 273 g/mol. The molecule has 0 saturated heterocycles. The highest BCUT2D eigenvalue weighted by Gasteiger charge is 2.35. The fraction of sp³-hybridized carbons (Fsp3) is 0.538. The molecule has 2 rings (SSSR count). The van der Waals surface area contributed by atoms with E-state index in [4.69, 9.17) is 11.6 Å². The molecule has 0 aliphatic heterocycles. The van der Waals surface area contributed by atoms with Crippen LogP contribution in [0.25, 0.3) is 0 Å². The van der Waals surface area contributed by atoms with Crippen LogP contribution in [0.3, 0.4) is 0 Å². The first kappa shape index (κ1) is 13.2. The minimum atomic E-state index is -0.352. The number of benzene rings is 1. The maximum atomic E-state index is 13.0. The Balaban J connectivity index is 1.83. The third-order valence-corrected chi connectivity index (χ3v) is 5.17. The van der Waals surface area contributed by atoms with Gasteiger partial charge in [-0.2, -0.15) is 11.8 Å². The number of thioether (sulfide) groups is 1. The number of hydrogen-bond acceptors (Lipinski definition) is 2. The molecule has 0 atom stereocenters. The summed E-state index contributed by atoms with van der Waals surface area (Å²) in [5.41, 5.74) is 1.03. The first-order valence-electron chi connectivity index (χ1n) is 5.85. The Kier molecular flexibility index (Phi) is 4.34. The Morgan fingerprint density at radius 2 is 2.24 bits per heavy atom. The zero-order valence-corrected chi connectivity index (χ0v) is 11.5. The van der Waals surface area contributed by atoms with E-state index in [-0.39, 0.29) is 10.8 Å². The van der Waals surface area contributed by atoms with E-state index in [2.05, 4.69) is 11.6 Å². The van der Waals surface area contributed by atoms with Crippen molar-refractivity contribution in [1.29, 1.82) is 0 Å². The van der Waals surface area contributed by atoms with Gasteiger partial charge in [0.15, 0.2) is 0 Å². The third-order valence-electron chi connectivity index (χ3n) is 3.46. The second kappa shape index (κ2) is 5.59. The van der Waals surface area contributed by atoms with Gasteiger partial charge in [0.25, 0.3) is 0 Å². The Morgan fingerprint density at radius 1 is 1.47 bits per heavy atom. The predicted octanol–water partition coefficient (Wildman–Crippen LogP) is 3.85. The first-order chi connectivity index (χ1) is 8.15. The van der Waals surface area contributed by atoms with Crippen molar-refractivity contribution in [2.75, 3.05) is 12.8 Å². The van der Waals surface area contributed by atoms with Crippen LogP contribution in [0.1, 0.15) is 24.8 Å². The average Bonchev–Trinajstić information content (AvgIpc) is 2.27. The molecule has 1 aromatic rings. The summed E-state index contributed by atoms with van der Waals surface area (Å²) in [7, 11) is 0. The van der Waals surface area contributed by atoms with E-state index in [9.17, 15) is 4.39 Å². The van der Waals surface area contributed by atoms with Gasteiger partial charge >= 0.3 is 0 Å². The molecule has 0 radical (unpaired) electrons. The molecule has 1 aromatic carbocycles. The lowest BCUT2D eigenvalue weighted by Gasteiger charge is -2.40. The fourth-order valence-electron chi connectivity index (χ4n) is 2.11. The minimum absolute atomic E-state index is 0.201. The lowest BCUT2D eigenvalue weighted by atomic mass is 9.84. The summed E-state index contributed by atoms with van der Waals surface area (Å²) in [5.74, 6) is -0.352. The SMILES string of the molecule is CSC1(CNCc2ccc(F)c(Cl)c2)CCC1. The van der Waals surface area contributed by atoms with Crippen molar-refractivity contribution in [1.82, 2.24) is 5.32 Å². The standard InChI is InChI=1S/C13H17ClFNS/c1-17-13(5-2-6-13)9-16-8-10-3-4-12(15)11(14)7-10/h3-4,7,16H,2,5-6,8-9H2,1H3. The Bertz CT molecular complexity index is 387. The summed E-state index contributed by atoms with van der Waals surface area (Å²) in [6.45, 7) is 1.77. The maximum Gasteiger partial charge on any atom is 0.141 e. The molecule has 1 aliphatic rings. The molecular weight excluding hydrogens is 257 g/mol. The molecule has 0 aromatic heterocycles. The molecule has 1 N–H and O–H groups in total. The molecule has 0 bridgehead atoms. The normalized spacial score (nSPS) is 17.8. The van der Waals surface area contributed by atoms with Crippen LogP contribution in [0.5, 0.6) is 0 Å². The Hall–Kier alpha value is -0.250. The van der Waals surface area contributed by atoms with E-state index in [1.165, 1.54) is 25.3 Å². The Labute approximate surface area is 111 Å². The van der Waals surface area contributed by atoms with Crippen LogP contribution in [0.2, 0.25) is 5.02 Å². The van der Waals surface area contributed by atoms with Crippen molar-refractivity contribution in [3.8, 4) is 0 Å². The van der Waals surface area contributed by atoms with Gasteiger partial charge in [-0.1, -0.05) is 24.1 Å². The van der Waals surface area contributed by atoms with Crippen LogP contribution in [0.4, 0.5) is 4.39 Å². The molecule has 0 spiro atoms. The Morgan fingerprint density at radius 3 is 2.76 bits per heavy atom. The lowest BCUT2D eigenvalue weighted by molar-refractivity contribution is 0.345. The molecule has 0 unspecified atom stereocenters. The molecule has 1 nitrogen and oxygen atoms in total. The molecule has 0 heterocycles. The van der Waals surface area contributed by atoms with Gasteiger partial charge < -0.3 is 5.32 Å². The highest BCUT2D eigenvalue weighted by molar-refractivity contribution is 8.00. The smallest absolute Gasteiger partial charge is 0.141 e. The highest BCUT2D eigenvalue weighted by atomic mass is 35.5. The summed E-state index contributed by atoms with van der Waals surface area (Å²) >= 11 is 7.69. The second-order valence-corrected chi connectivity index (χ2v) is 6.27. The van der Waals surface area contributed by atoms with Crippen molar-refractivity contribution in [2.45, 2.75) is 30.6 Å². The van der Waals surface area contributed by atoms with Gasteiger partial charge in [0.05, 0.1) is 5.02 Å². The lowest BCUT2D eigenvalue weighted by Crippen LogP contribution is -2.43. The summed E-state index contributed by atoms with van der Waals surface area (Å²) in [6, 6.07) is 4.89. The van der Waals surface area contributed by atoms with Crippen LogP contribution in [0, 0.1) is 5.82 Å². The van der Waals surface area contributed by atoms with E-state index >= 15 is 0 Å². The van der Waals surface area contributed by atoms with Crippen molar-refractivity contribution >= 4 is 23.4 Å². The highest BCUT2D eigenvalue weighted by Crippen LogP contribution is 2.42. The molecule has 94 valence electrons. The minimum Gasteiger partial charge on any atom is -0.311 e. The van der Waals surface area contributed by atoms with Crippen LogP contribution in [-0.4, -0.2) is 17.5 Å². The second-order valence-electron chi connectivity index (χ2n) is 4.59. The largest absolute Gasteiger partial charge is 0.311 e. The van der Waals surface area contributed by atoms with Gasteiger partial charge in [-0.05, 0) is 36.8 Å². The van der Waals surface area contributed by atoms with Crippen molar-refractivity contribution < 1.29 is 4.39 Å². The van der Waals surface area contributed by atoms with E-state index in [1.54, 1.807) is 12.1 Å². The molecule has 1 fully saturated rings. The molecular formula is C13H17ClFNS. The van der Waals surface area contributed by atoms with Crippen molar-refractivity contribution in [3.05, 3.63) is 34.6 Å². The number of hydrogen-bond donors (Lipinski definition) is 1. The first-order valence-corrected chi connectivity index (χ1v) is 7.45. The van der Waals surface area contributed by atoms with Crippen molar-refractivity contribution in [2.24, 2.45) is 0 Å². The van der Waals surface area contributed by atoms with Gasteiger partial charge in [-0.3, -0.25) is 0 Å². The molecule has 1 aliphatic carbocycles. The average molecular weight is 274 g/mol. The zero-order valence-electron chi connectivity index (χ0n) is 9.93. The molecule has 0 amide bonds. The third kappa shape index (κ3) is 3.15. The van der Waals surface area contributed by atoms with Gasteiger partial charge in [0.1, 0.15) is 5.82 Å². The topological polar surface area (TPSA) is 12.0 Å². The summed E-state index contributed by atoms with van der Waals surface area (Å²) in [5, 5.41) is 3.64. The summed E-state index contributed by atoms with van der Waals surface area (Å²) in [4.78, 5) is 0. The van der Waals surface area contributed by atoms with Gasteiger partial charge in [0, 0.05) is 17.8 Å². The number of nitrogens with one attached hydrogen (secondary N) is 1. The predicted molar refractivity (Wildman–Crippen MR) is 73.2 cm³/mol. The molecule has 17 heavy (non-hydrogen) atoms.